The predicted octanol–water partition coefficient (Wildman–Crippen LogP) is 2.98. The summed E-state index contributed by atoms with van der Waals surface area (Å²) in [6, 6.07) is 20.6. The second-order valence-electron chi connectivity index (χ2n) is 5.74. The van der Waals surface area contributed by atoms with Gasteiger partial charge in [-0.15, -0.1) is 0 Å². The van der Waals surface area contributed by atoms with Crippen LogP contribution in [-0.4, -0.2) is 32.1 Å². The Kier molecular flexibility index (Phi) is 5.89. The van der Waals surface area contributed by atoms with E-state index in [4.69, 9.17) is 9.47 Å². The van der Waals surface area contributed by atoms with Crippen molar-refractivity contribution in [3.05, 3.63) is 66.7 Å². The second-order valence-corrected chi connectivity index (χ2v) is 5.74. The summed E-state index contributed by atoms with van der Waals surface area (Å²) in [5.74, 6) is -0.272. The molecule has 2 N–H and O–H groups in total. The molecular formula is C21H20N2O4. The third-order valence-corrected chi connectivity index (χ3v) is 3.96. The fourth-order valence-electron chi connectivity index (χ4n) is 2.65. The maximum Gasteiger partial charge on any atom is 0.313 e. The Morgan fingerprint density at radius 2 is 1.56 bits per heavy atom. The third kappa shape index (κ3) is 4.55. The first-order valence-corrected chi connectivity index (χ1v) is 8.52. The summed E-state index contributed by atoms with van der Waals surface area (Å²) in [6.07, 6.45) is 0. The molecule has 0 atom stereocenters. The van der Waals surface area contributed by atoms with E-state index in [1.165, 1.54) is 7.11 Å². The van der Waals surface area contributed by atoms with Crippen LogP contribution in [0.1, 0.15) is 0 Å². The van der Waals surface area contributed by atoms with Gasteiger partial charge in [0.15, 0.2) is 0 Å². The van der Waals surface area contributed by atoms with Gasteiger partial charge in [-0.05, 0) is 23.6 Å². The summed E-state index contributed by atoms with van der Waals surface area (Å²) in [6.45, 7) is 0.461. The molecule has 2 amide bonds. The third-order valence-electron chi connectivity index (χ3n) is 3.96. The van der Waals surface area contributed by atoms with Crippen molar-refractivity contribution in [2.45, 2.75) is 0 Å². The minimum Gasteiger partial charge on any atom is -0.495 e. The number of ether oxygens (including phenoxy) is 2. The van der Waals surface area contributed by atoms with Gasteiger partial charge in [0.2, 0.25) is 0 Å². The van der Waals surface area contributed by atoms with E-state index < -0.39 is 11.8 Å². The Bertz CT molecular complexity index is 950. The van der Waals surface area contributed by atoms with Crippen molar-refractivity contribution in [2.75, 3.05) is 25.6 Å². The van der Waals surface area contributed by atoms with E-state index in [-0.39, 0.29) is 13.2 Å². The largest absolute Gasteiger partial charge is 0.495 e. The lowest BCUT2D eigenvalue weighted by Crippen LogP contribution is -2.37. The van der Waals surface area contributed by atoms with Crippen LogP contribution < -0.4 is 20.1 Å². The second kappa shape index (κ2) is 8.71. The van der Waals surface area contributed by atoms with Gasteiger partial charge in [0.25, 0.3) is 0 Å². The Balaban J connectivity index is 1.50. The number of hydrogen-bond donors (Lipinski definition) is 2. The molecule has 27 heavy (non-hydrogen) atoms. The number of carbonyl (C=O) groups is 2. The molecule has 0 heterocycles. The number of carbonyl (C=O) groups excluding carboxylic acids is 2. The minimum absolute atomic E-state index is 0.210. The number of para-hydroxylation sites is 2. The van der Waals surface area contributed by atoms with Gasteiger partial charge in [-0.1, -0.05) is 48.5 Å². The fourth-order valence-corrected chi connectivity index (χ4v) is 2.65. The van der Waals surface area contributed by atoms with Crippen molar-refractivity contribution in [3.63, 3.8) is 0 Å². The number of anilines is 1. The van der Waals surface area contributed by atoms with Crippen LogP contribution in [0, 0.1) is 0 Å². The zero-order valence-corrected chi connectivity index (χ0v) is 14.9. The van der Waals surface area contributed by atoms with Crippen LogP contribution in [0.4, 0.5) is 5.69 Å². The molecule has 0 aliphatic rings. The van der Waals surface area contributed by atoms with E-state index in [0.717, 1.165) is 16.5 Å². The van der Waals surface area contributed by atoms with Gasteiger partial charge in [-0.2, -0.15) is 0 Å². The highest BCUT2D eigenvalue weighted by Gasteiger charge is 2.15. The Morgan fingerprint density at radius 1 is 0.852 bits per heavy atom. The van der Waals surface area contributed by atoms with Gasteiger partial charge in [-0.3, -0.25) is 9.59 Å². The first-order valence-electron chi connectivity index (χ1n) is 8.52. The normalized spacial score (nSPS) is 10.3. The number of rotatable bonds is 6. The topological polar surface area (TPSA) is 76.7 Å². The zero-order valence-electron chi connectivity index (χ0n) is 14.9. The molecular weight excluding hydrogens is 344 g/mol. The van der Waals surface area contributed by atoms with E-state index >= 15 is 0 Å². The molecule has 0 bridgehead atoms. The number of amides is 2. The van der Waals surface area contributed by atoms with Crippen LogP contribution in [-0.2, 0) is 9.59 Å². The average molecular weight is 364 g/mol. The SMILES string of the molecule is COc1ccccc1NC(=O)C(=O)NCCOc1cccc2ccccc12. The summed E-state index contributed by atoms with van der Waals surface area (Å²) < 4.78 is 10.9. The van der Waals surface area contributed by atoms with Crippen molar-refractivity contribution < 1.29 is 19.1 Å². The molecule has 3 aromatic carbocycles. The summed E-state index contributed by atoms with van der Waals surface area (Å²) in [4.78, 5) is 24.0. The monoisotopic (exact) mass is 364 g/mol. The van der Waals surface area contributed by atoms with Gasteiger partial charge in [0, 0.05) is 5.39 Å². The maximum absolute atomic E-state index is 12.0. The molecule has 0 aliphatic heterocycles. The van der Waals surface area contributed by atoms with Crippen LogP contribution in [0.25, 0.3) is 10.8 Å². The summed E-state index contributed by atoms with van der Waals surface area (Å²) >= 11 is 0. The highest BCUT2D eigenvalue weighted by atomic mass is 16.5. The first kappa shape index (κ1) is 18.3. The molecule has 0 radical (unpaired) electrons. The summed E-state index contributed by atoms with van der Waals surface area (Å²) in [5, 5.41) is 7.15. The van der Waals surface area contributed by atoms with Crippen LogP contribution in [0.3, 0.4) is 0 Å². The highest BCUT2D eigenvalue weighted by molar-refractivity contribution is 6.39. The van der Waals surface area contributed by atoms with Crippen molar-refractivity contribution in [1.82, 2.24) is 5.32 Å². The Hall–Kier alpha value is -3.54. The van der Waals surface area contributed by atoms with Gasteiger partial charge >= 0.3 is 11.8 Å². The molecule has 0 aliphatic carbocycles. The Labute approximate surface area is 157 Å². The summed E-state index contributed by atoms with van der Waals surface area (Å²) in [7, 11) is 1.50. The van der Waals surface area contributed by atoms with Crippen molar-refractivity contribution >= 4 is 28.3 Å². The van der Waals surface area contributed by atoms with Crippen molar-refractivity contribution in [1.29, 1.82) is 0 Å². The lowest BCUT2D eigenvalue weighted by atomic mass is 10.1. The molecule has 0 saturated carbocycles. The molecule has 6 heteroatoms. The van der Waals surface area contributed by atoms with Gasteiger partial charge < -0.3 is 20.1 Å². The van der Waals surface area contributed by atoms with E-state index in [1.54, 1.807) is 24.3 Å². The Morgan fingerprint density at radius 3 is 2.41 bits per heavy atom. The smallest absolute Gasteiger partial charge is 0.313 e. The van der Waals surface area contributed by atoms with Gasteiger partial charge in [0.1, 0.15) is 18.1 Å². The first-order chi connectivity index (χ1) is 13.2. The standard InChI is InChI=1S/C21H20N2O4/c1-26-19-11-5-4-10-17(19)23-21(25)20(24)22-13-14-27-18-12-6-8-15-7-2-3-9-16(15)18/h2-12H,13-14H2,1H3,(H,22,24)(H,23,25). The van der Waals surface area contributed by atoms with Gasteiger partial charge in [0.05, 0.1) is 19.3 Å². The molecule has 0 fully saturated rings. The van der Waals surface area contributed by atoms with Crippen molar-refractivity contribution in [3.8, 4) is 11.5 Å². The number of methoxy groups -OCH3 is 1. The minimum atomic E-state index is -0.760. The maximum atomic E-state index is 12.0. The van der Waals surface area contributed by atoms with Crippen LogP contribution in [0.5, 0.6) is 11.5 Å². The highest BCUT2D eigenvalue weighted by Crippen LogP contribution is 2.25. The van der Waals surface area contributed by atoms with Gasteiger partial charge in [-0.25, -0.2) is 0 Å². The number of nitrogens with one attached hydrogen (secondary N) is 2. The zero-order chi connectivity index (χ0) is 19.1. The number of hydrogen-bond acceptors (Lipinski definition) is 4. The molecule has 0 unspecified atom stereocenters. The van der Waals surface area contributed by atoms with E-state index in [0.29, 0.717) is 11.4 Å². The molecule has 138 valence electrons. The molecule has 0 spiro atoms. The predicted molar refractivity (Wildman–Crippen MR) is 104 cm³/mol. The van der Waals surface area contributed by atoms with E-state index in [9.17, 15) is 9.59 Å². The van der Waals surface area contributed by atoms with Crippen LogP contribution >= 0.6 is 0 Å². The molecule has 0 aromatic heterocycles. The summed E-state index contributed by atoms with van der Waals surface area (Å²) in [5.41, 5.74) is 0.437. The van der Waals surface area contributed by atoms with Crippen molar-refractivity contribution in [2.24, 2.45) is 0 Å². The molecule has 0 saturated heterocycles. The van der Waals surface area contributed by atoms with Crippen LogP contribution in [0.15, 0.2) is 66.7 Å². The number of benzene rings is 3. The van der Waals surface area contributed by atoms with E-state index in [2.05, 4.69) is 10.6 Å². The molecule has 6 nitrogen and oxygen atoms in total. The van der Waals surface area contributed by atoms with Crippen LogP contribution in [0.2, 0.25) is 0 Å². The molecule has 3 rings (SSSR count). The fraction of sp³-hybridized carbons (Fsp3) is 0.143. The lowest BCUT2D eigenvalue weighted by molar-refractivity contribution is -0.136. The average Bonchev–Trinajstić information content (AvgIpc) is 2.71. The van der Waals surface area contributed by atoms with E-state index in [1.807, 2.05) is 42.5 Å². The molecule has 3 aromatic rings. The lowest BCUT2D eigenvalue weighted by Gasteiger charge is -2.11. The number of fused-ring (bicyclic) bond motifs is 1. The quantitative estimate of drug-likeness (QED) is 0.521.